The fourth-order valence-corrected chi connectivity index (χ4v) is 1.86. The molecule has 0 radical (unpaired) electrons. The van der Waals surface area contributed by atoms with Crippen LogP contribution >= 0.6 is 0 Å². The van der Waals surface area contributed by atoms with Gasteiger partial charge in [-0.15, -0.1) is 0 Å². The molecule has 0 aliphatic carbocycles. The van der Waals surface area contributed by atoms with E-state index in [0.29, 0.717) is 18.5 Å². The van der Waals surface area contributed by atoms with Crippen molar-refractivity contribution >= 4 is 5.91 Å². The molecule has 114 valence electrons. The molecule has 1 aromatic rings. The van der Waals surface area contributed by atoms with Gasteiger partial charge < -0.3 is 15.1 Å². The van der Waals surface area contributed by atoms with Crippen LogP contribution in [0.3, 0.4) is 0 Å². The van der Waals surface area contributed by atoms with Gasteiger partial charge in [-0.3, -0.25) is 4.79 Å². The largest absolute Gasteiger partial charge is 0.395 e. The lowest BCUT2D eigenvalue weighted by atomic mass is 10.1. The second kappa shape index (κ2) is 9.11. The molecule has 0 atom stereocenters. The summed E-state index contributed by atoms with van der Waals surface area (Å²) in [5, 5.41) is 17.6. The number of carbonyl (C=O) groups excluding carboxylic acids is 1. The van der Waals surface area contributed by atoms with E-state index in [1.165, 1.54) is 17.0 Å². The summed E-state index contributed by atoms with van der Waals surface area (Å²) < 4.78 is 14.0. The van der Waals surface area contributed by atoms with Gasteiger partial charge in [0.25, 0.3) is 5.91 Å². The molecule has 0 saturated heterocycles. The van der Waals surface area contributed by atoms with Gasteiger partial charge in [0.05, 0.1) is 18.8 Å². The van der Waals surface area contributed by atoms with E-state index in [-0.39, 0.29) is 25.3 Å². The minimum absolute atomic E-state index is 0.0235. The maximum absolute atomic E-state index is 14.0. The van der Waals surface area contributed by atoms with E-state index in [1.807, 2.05) is 6.92 Å². The molecule has 1 aromatic carbocycles. The molecule has 2 N–H and O–H groups in total. The van der Waals surface area contributed by atoms with Gasteiger partial charge in [0, 0.05) is 25.1 Å². The third kappa shape index (κ3) is 5.18. The van der Waals surface area contributed by atoms with Crippen molar-refractivity contribution in [2.24, 2.45) is 0 Å². The third-order valence-corrected chi connectivity index (χ3v) is 2.82. The van der Waals surface area contributed by atoms with E-state index in [1.54, 1.807) is 6.07 Å². The summed E-state index contributed by atoms with van der Waals surface area (Å²) in [5.41, 5.74) is 0.436. The summed E-state index contributed by atoms with van der Waals surface area (Å²) in [5.74, 6) is 4.35. The first kappa shape index (κ1) is 17.2. The molecule has 5 heteroatoms. The standard InChI is InChI=1S/C16H20FNO3/c1-2-8-18(9-11-20)16(21)14-7-6-13(12-15(14)17)5-3-4-10-19/h6-7,12,19-20H,2,4,8-11H2,1H3. The molecule has 4 nitrogen and oxygen atoms in total. The first-order chi connectivity index (χ1) is 10.1. The lowest BCUT2D eigenvalue weighted by Gasteiger charge is -2.21. The lowest BCUT2D eigenvalue weighted by molar-refractivity contribution is 0.0717. The molecule has 0 unspecified atom stereocenters. The summed E-state index contributed by atoms with van der Waals surface area (Å²) >= 11 is 0. The van der Waals surface area contributed by atoms with Crippen LogP contribution in [0.5, 0.6) is 0 Å². The number of halogens is 1. The van der Waals surface area contributed by atoms with E-state index in [9.17, 15) is 9.18 Å². The highest BCUT2D eigenvalue weighted by atomic mass is 19.1. The van der Waals surface area contributed by atoms with Crippen molar-refractivity contribution in [3.63, 3.8) is 0 Å². The van der Waals surface area contributed by atoms with Crippen molar-refractivity contribution in [1.29, 1.82) is 0 Å². The normalized spacial score (nSPS) is 9.90. The second-order valence-corrected chi connectivity index (χ2v) is 4.49. The average molecular weight is 293 g/mol. The van der Waals surface area contributed by atoms with Crippen LogP contribution in [0.1, 0.15) is 35.7 Å². The SMILES string of the molecule is CCCN(CCO)C(=O)c1ccc(C#CCCO)cc1F. The Kier molecular flexibility index (Phi) is 7.44. The Hall–Kier alpha value is -1.90. The molecule has 0 fully saturated rings. The van der Waals surface area contributed by atoms with Crippen LogP contribution in [0, 0.1) is 17.7 Å². The smallest absolute Gasteiger partial charge is 0.256 e. The van der Waals surface area contributed by atoms with Gasteiger partial charge in [0.1, 0.15) is 5.82 Å². The van der Waals surface area contributed by atoms with E-state index in [0.717, 1.165) is 6.42 Å². The minimum atomic E-state index is -0.630. The predicted molar refractivity (Wildman–Crippen MR) is 78.3 cm³/mol. The van der Waals surface area contributed by atoms with Crippen molar-refractivity contribution in [1.82, 2.24) is 4.90 Å². The van der Waals surface area contributed by atoms with Crippen LogP contribution in [0.2, 0.25) is 0 Å². The van der Waals surface area contributed by atoms with E-state index in [2.05, 4.69) is 11.8 Å². The Morgan fingerprint density at radius 1 is 1.29 bits per heavy atom. The fourth-order valence-electron chi connectivity index (χ4n) is 1.86. The Morgan fingerprint density at radius 3 is 2.62 bits per heavy atom. The average Bonchev–Trinajstić information content (AvgIpc) is 2.47. The quantitative estimate of drug-likeness (QED) is 0.780. The van der Waals surface area contributed by atoms with Crippen molar-refractivity contribution in [3.05, 3.63) is 35.1 Å². The van der Waals surface area contributed by atoms with Crippen molar-refractivity contribution < 1.29 is 19.4 Å². The number of amides is 1. The molecule has 21 heavy (non-hydrogen) atoms. The number of aliphatic hydroxyl groups excluding tert-OH is 2. The maximum Gasteiger partial charge on any atom is 0.256 e. The number of nitrogens with zero attached hydrogens (tertiary/aromatic N) is 1. The van der Waals surface area contributed by atoms with Gasteiger partial charge in [0.2, 0.25) is 0 Å². The van der Waals surface area contributed by atoms with Crippen LogP contribution in [-0.4, -0.2) is 47.3 Å². The summed E-state index contributed by atoms with van der Waals surface area (Å²) in [6, 6.07) is 4.19. The van der Waals surface area contributed by atoms with Gasteiger partial charge >= 0.3 is 0 Å². The Bertz CT molecular complexity index is 528. The zero-order valence-corrected chi connectivity index (χ0v) is 12.1. The second-order valence-electron chi connectivity index (χ2n) is 4.49. The molecule has 0 heterocycles. The summed E-state index contributed by atoms with van der Waals surface area (Å²) in [7, 11) is 0. The molecule has 0 saturated carbocycles. The lowest BCUT2D eigenvalue weighted by Crippen LogP contribution is -2.34. The molecule has 0 aromatic heterocycles. The van der Waals surface area contributed by atoms with Crippen molar-refractivity contribution in [3.8, 4) is 11.8 Å². The van der Waals surface area contributed by atoms with E-state index in [4.69, 9.17) is 10.2 Å². The predicted octanol–water partition coefficient (Wildman–Crippen LogP) is 1.40. The van der Waals surface area contributed by atoms with Crippen LogP contribution in [-0.2, 0) is 0 Å². The van der Waals surface area contributed by atoms with Gasteiger partial charge in [-0.25, -0.2) is 4.39 Å². The summed E-state index contributed by atoms with van der Waals surface area (Å²) in [6.07, 6.45) is 1.06. The highest BCUT2D eigenvalue weighted by Crippen LogP contribution is 2.13. The topological polar surface area (TPSA) is 60.8 Å². The van der Waals surface area contributed by atoms with Crippen LogP contribution in [0.25, 0.3) is 0 Å². The Morgan fingerprint density at radius 2 is 2.05 bits per heavy atom. The molecule has 0 aliphatic rings. The molecular formula is C16H20FNO3. The highest BCUT2D eigenvalue weighted by Gasteiger charge is 2.18. The van der Waals surface area contributed by atoms with E-state index < -0.39 is 11.7 Å². The number of rotatable bonds is 6. The zero-order valence-electron chi connectivity index (χ0n) is 12.1. The number of aliphatic hydroxyl groups is 2. The number of carbonyl (C=O) groups is 1. The monoisotopic (exact) mass is 293 g/mol. The van der Waals surface area contributed by atoms with Crippen LogP contribution < -0.4 is 0 Å². The Balaban J connectivity index is 2.93. The highest BCUT2D eigenvalue weighted by molar-refractivity contribution is 5.94. The summed E-state index contributed by atoms with van der Waals surface area (Å²) in [6.45, 7) is 2.37. The molecular weight excluding hydrogens is 273 g/mol. The molecule has 1 rings (SSSR count). The fraction of sp³-hybridized carbons (Fsp3) is 0.438. The zero-order chi connectivity index (χ0) is 15.7. The van der Waals surface area contributed by atoms with Gasteiger partial charge in [-0.05, 0) is 24.6 Å². The van der Waals surface area contributed by atoms with Gasteiger partial charge in [-0.2, -0.15) is 0 Å². The van der Waals surface area contributed by atoms with Crippen molar-refractivity contribution in [2.75, 3.05) is 26.3 Å². The van der Waals surface area contributed by atoms with Crippen LogP contribution in [0.15, 0.2) is 18.2 Å². The first-order valence-corrected chi connectivity index (χ1v) is 6.93. The van der Waals surface area contributed by atoms with Crippen LogP contribution in [0.4, 0.5) is 4.39 Å². The molecule has 0 aliphatic heterocycles. The molecule has 0 bridgehead atoms. The minimum Gasteiger partial charge on any atom is -0.395 e. The van der Waals surface area contributed by atoms with Gasteiger partial charge in [-0.1, -0.05) is 18.8 Å². The van der Waals surface area contributed by atoms with Gasteiger partial charge in [0.15, 0.2) is 0 Å². The third-order valence-electron chi connectivity index (χ3n) is 2.82. The molecule has 0 spiro atoms. The Labute approximate surface area is 124 Å². The maximum atomic E-state index is 14.0. The number of hydrogen-bond acceptors (Lipinski definition) is 3. The number of hydrogen-bond donors (Lipinski definition) is 2. The number of benzene rings is 1. The molecule has 1 amide bonds. The first-order valence-electron chi connectivity index (χ1n) is 6.93. The van der Waals surface area contributed by atoms with Crippen molar-refractivity contribution in [2.45, 2.75) is 19.8 Å². The van der Waals surface area contributed by atoms with E-state index >= 15 is 0 Å². The summed E-state index contributed by atoms with van der Waals surface area (Å²) in [4.78, 5) is 13.6.